The van der Waals surface area contributed by atoms with Crippen LogP contribution in [0.4, 0.5) is 18.4 Å². The molecule has 9 nitrogen and oxygen atoms in total. The summed E-state index contributed by atoms with van der Waals surface area (Å²) in [5, 5.41) is 0. The summed E-state index contributed by atoms with van der Waals surface area (Å²) >= 11 is 0. The van der Waals surface area contributed by atoms with Crippen LogP contribution in [0.5, 0.6) is 11.8 Å². The Hall–Kier alpha value is -3.34. The molecule has 2 aromatic rings. The van der Waals surface area contributed by atoms with Crippen LogP contribution in [0.2, 0.25) is 0 Å². The Morgan fingerprint density at radius 1 is 1.11 bits per heavy atom. The number of carbonyl (C=O) groups excluding carboxylic acids is 2. The Balaban J connectivity index is 2.17. The average Bonchev–Trinajstić information content (AvgIpc) is 2.71. The zero-order valence-electron chi connectivity index (χ0n) is 21.0. The fraction of sp³-hybridized carbons (Fsp3) is 0.500. The van der Waals surface area contributed by atoms with Gasteiger partial charge in [-0.25, -0.2) is 28.3 Å². The van der Waals surface area contributed by atoms with Crippen molar-refractivity contribution in [3.8, 4) is 23.0 Å². The van der Waals surface area contributed by atoms with Crippen LogP contribution in [0.1, 0.15) is 48.0 Å². The molecule has 0 bridgehead atoms. The van der Waals surface area contributed by atoms with Crippen molar-refractivity contribution in [2.75, 3.05) is 13.7 Å². The lowest BCUT2D eigenvalue weighted by Gasteiger charge is -2.26. The SMILES string of the molecule is CC(C)C[C@](C)(N)COc1cc(F)c(-c2ccnc(OC(=O)N(C)C(=O)OC(C)(C)C)n2)cc1F. The van der Waals surface area contributed by atoms with Gasteiger partial charge in [0.05, 0.1) is 5.69 Å². The van der Waals surface area contributed by atoms with Crippen molar-refractivity contribution < 1.29 is 32.6 Å². The van der Waals surface area contributed by atoms with E-state index in [4.69, 9.17) is 19.9 Å². The lowest BCUT2D eigenvalue weighted by atomic mass is 9.93. The van der Waals surface area contributed by atoms with Crippen molar-refractivity contribution in [3.63, 3.8) is 0 Å². The maximum Gasteiger partial charge on any atom is 0.426 e. The maximum atomic E-state index is 14.8. The number of benzene rings is 1. The standard InChI is InChI=1S/C24H32F2N4O5/c1-14(2)12-24(6,27)13-33-19-11-16(25)15(10-17(19)26)18-8-9-28-20(29-18)34-21(31)30(7)22(32)35-23(3,4)5/h8-11,14H,12-13,27H2,1-7H3/t24-/m0/s1. The third-order valence-electron chi connectivity index (χ3n) is 4.48. The molecule has 1 atom stereocenters. The molecule has 0 aliphatic carbocycles. The monoisotopic (exact) mass is 494 g/mol. The number of hydrogen-bond donors (Lipinski definition) is 1. The fourth-order valence-electron chi connectivity index (χ4n) is 3.16. The molecule has 0 aliphatic rings. The maximum absolute atomic E-state index is 14.8. The van der Waals surface area contributed by atoms with E-state index in [9.17, 15) is 18.4 Å². The minimum atomic E-state index is -1.11. The van der Waals surface area contributed by atoms with Crippen LogP contribution in [-0.2, 0) is 4.74 Å². The average molecular weight is 495 g/mol. The Morgan fingerprint density at radius 3 is 2.37 bits per heavy atom. The van der Waals surface area contributed by atoms with Crippen molar-refractivity contribution in [1.82, 2.24) is 14.9 Å². The van der Waals surface area contributed by atoms with Crippen LogP contribution in [0.15, 0.2) is 24.4 Å². The van der Waals surface area contributed by atoms with E-state index >= 15 is 0 Å². The lowest BCUT2D eigenvalue weighted by molar-refractivity contribution is 0.0319. The van der Waals surface area contributed by atoms with E-state index in [0.29, 0.717) is 17.2 Å². The molecule has 1 aromatic heterocycles. The zero-order valence-corrected chi connectivity index (χ0v) is 21.0. The van der Waals surface area contributed by atoms with Crippen molar-refractivity contribution >= 4 is 12.2 Å². The molecule has 1 aromatic carbocycles. The van der Waals surface area contributed by atoms with Crippen molar-refractivity contribution in [1.29, 1.82) is 0 Å². The summed E-state index contributed by atoms with van der Waals surface area (Å²) in [6.45, 7) is 10.7. The number of rotatable bonds is 7. The summed E-state index contributed by atoms with van der Waals surface area (Å²) in [7, 11) is 1.15. The first kappa shape index (κ1) is 27.9. The number of nitrogens with zero attached hydrogens (tertiary/aromatic N) is 3. The highest BCUT2D eigenvalue weighted by Gasteiger charge is 2.26. The molecular formula is C24H32F2N4O5. The van der Waals surface area contributed by atoms with Gasteiger partial charge in [-0.2, -0.15) is 4.98 Å². The number of aromatic nitrogens is 2. The number of carbonyl (C=O) groups is 2. The van der Waals surface area contributed by atoms with Gasteiger partial charge in [0.1, 0.15) is 18.0 Å². The van der Waals surface area contributed by atoms with Gasteiger partial charge in [0.15, 0.2) is 11.6 Å². The van der Waals surface area contributed by atoms with E-state index in [1.165, 1.54) is 12.3 Å². The topological polar surface area (TPSA) is 117 Å². The molecule has 1 heterocycles. The van der Waals surface area contributed by atoms with E-state index in [-0.39, 0.29) is 23.6 Å². The number of amides is 2. The van der Waals surface area contributed by atoms with Gasteiger partial charge in [-0.3, -0.25) is 0 Å². The summed E-state index contributed by atoms with van der Waals surface area (Å²) < 4.78 is 45.0. The van der Waals surface area contributed by atoms with E-state index in [2.05, 4.69) is 9.97 Å². The molecule has 0 unspecified atom stereocenters. The van der Waals surface area contributed by atoms with Gasteiger partial charge in [0, 0.05) is 30.4 Å². The van der Waals surface area contributed by atoms with Crippen molar-refractivity contribution in [2.45, 2.75) is 59.1 Å². The third kappa shape index (κ3) is 8.43. The number of imide groups is 1. The second kappa shape index (κ2) is 10.9. The third-order valence-corrected chi connectivity index (χ3v) is 4.48. The first-order chi connectivity index (χ1) is 16.1. The van der Waals surface area contributed by atoms with Crippen LogP contribution in [-0.4, -0.2) is 51.8 Å². The summed E-state index contributed by atoms with van der Waals surface area (Å²) in [6, 6.07) is 2.67. The van der Waals surface area contributed by atoms with Crippen LogP contribution >= 0.6 is 0 Å². The normalized spacial score (nSPS) is 13.2. The molecule has 0 saturated heterocycles. The minimum Gasteiger partial charge on any atom is -0.489 e. The van der Waals surface area contributed by atoms with E-state index in [1.807, 2.05) is 13.8 Å². The highest BCUT2D eigenvalue weighted by atomic mass is 19.1. The van der Waals surface area contributed by atoms with Gasteiger partial charge in [0.25, 0.3) is 0 Å². The molecule has 0 aliphatic heterocycles. The van der Waals surface area contributed by atoms with Crippen molar-refractivity contribution in [3.05, 3.63) is 36.0 Å². The quantitative estimate of drug-likeness (QED) is 0.576. The molecule has 192 valence electrons. The second-order valence-corrected chi connectivity index (χ2v) is 9.93. The highest BCUT2D eigenvalue weighted by Crippen LogP contribution is 2.29. The Bertz CT molecular complexity index is 1070. The van der Waals surface area contributed by atoms with Gasteiger partial charge in [-0.1, -0.05) is 13.8 Å². The number of hydrogen-bond acceptors (Lipinski definition) is 8. The van der Waals surface area contributed by atoms with Crippen LogP contribution in [0.3, 0.4) is 0 Å². The van der Waals surface area contributed by atoms with Gasteiger partial charge in [-0.15, -0.1) is 0 Å². The van der Waals surface area contributed by atoms with Crippen molar-refractivity contribution in [2.24, 2.45) is 11.7 Å². The molecule has 0 spiro atoms. The largest absolute Gasteiger partial charge is 0.489 e. The van der Waals surface area contributed by atoms with Gasteiger partial charge in [-0.05, 0) is 52.2 Å². The number of halogens is 2. The van der Waals surface area contributed by atoms with Gasteiger partial charge in [0.2, 0.25) is 0 Å². The van der Waals surface area contributed by atoms with Crippen LogP contribution in [0, 0.1) is 17.6 Å². The van der Waals surface area contributed by atoms with E-state index < -0.39 is 41.0 Å². The Morgan fingerprint density at radius 2 is 1.77 bits per heavy atom. The molecule has 0 saturated carbocycles. The molecule has 2 amide bonds. The van der Waals surface area contributed by atoms with Gasteiger partial charge >= 0.3 is 18.2 Å². The molecule has 0 radical (unpaired) electrons. The fourth-order valence-corrected chi connectivity index (χ4v) is 3.16. The molecule has 35 heavy (non-hydrogen) atoms. The molecule has 2 rings (SSSR count). The highest BCUT2D eigenvalue weighted by molar-refractivity contribution is 5.88. The molecule has 0 fully saturated rings. The predicted octanol–water partition coefficient (Wildman–Crippen LogP) is 4.93. The molecule has 2 N–H and O–H groups in total. The second-order valence-electron chi connectivity index (χ2n) is 9.93. The number of nitrogens with two attached hydrogens (primary N) is 1. The summed E-state index contributed by atoms with van der Waals surface area (Å²) in [6.07, 6.45) is -0.213. The predicted molar refractivity (Wildman–Crippen MR) is 125 cm³/mol. The molecule has 11 heteroatoms. The minimum absolute atomic E-state index is 0.000338. The Labute approximate surface area is 203 Å². The van der Waals surface area contributed by atoms with E-state index in [0.717, 1.165) is 19.2 Å². The van der Waals surface area contributed by atoms with Gasteiger partial charge < -0.3 is 19.9 Å². The lowest BCUT2D eigenvalue weighted by Crippen LogP contribution is -2.43. The first-order valence-corrected chi connectivity index (χ1v) is 11.0. The summed E-state index contributed by atoms with van der Waals surface area (Å²) in [5.74, 6) is -1.61. The number of ether oxygens (including phenoxy) is 3. The summed E-state index contributed by atoms with van der Waals surface area (Å²) in [4.78, 5) is 32.6. The Kier molecular flexibility index (Phi) is 8.72. The van der Waals surface area contributed by atoms with E-state index in [1.54, 1.807) is 27.7 Å². The zero-order chi connectivity index (χ0) is 26.6. The molecular weight excluding hydrogens is 462 g/mol. The van der Waals surface area contributed by atoms with Crippen LogP contribution in [0.25, 0.3) is 11.3 Å². The summed E-state index contributed by atoms with van der Waals surface area (Å²) in [5.41, 5.74) is 4.38. The van der Waals surface area contributed by atoms with Crippen LogP contribution < -0.4 is 15.2 Å². The smallest absolute Gasteiger partial charge is 0.426 e. The first-order valence-electron chi connectivity index (χ1n) is 11.0.